The predicted octanol–water partition coefficient (Wildman–Crippen LogP) is 3.16. The molecule has 0 aliphatic rings. The van der Waals surface area contributed by atoms with Crippen molar-refractivity contribution in [3.8, 4) is 0 Å². The van der Waals surface area contributed by atoms with Crippen molar-refractivity contribution < 1.29 is 27.8 Å². The first-order valence-electron chi connectivity index (χ1n) is 7.66. The summed E-state index contributed by atoms with van der Waals surface area (Å²) in [4.78, 5) is 7.19. The van der Waals surface area contributed by atoms with Crippen molar-refractivity contribution in [3.63, 3.8) is 0 Å². The van der Waals surface area contributed by atoms with E-state index in [1.807, 2.05) is 13.0 Å². The van der Waals surface area contributed by atoms with Crippen molar-refractivity contribution in [1.29, 1.82) is 0 Å². The molecule has 1 N–H and O–H groups in total. The first-order chi connectivity index (χ1) is 11.7. The molecule has 0 fully saturated rings. The average Bonchev–Trinajstić information content (AvgIpc) is 2.55. The minimum atomic E-state index is -4.51. The van der Waals surface area contributed by atoms with E-state index in [2.05, 4.69) is 16.5 Å². The van der Waals surface area contributed by atoms with Crippen LogP contribution in [0.4, 0.5) is 13.2 Å². The third-order valence-electron chi connectivity index (χ3n) is 3.48. The summed E-state index contributed by atoms with van der Waals surface area (Å²) in [5, 5.41) is 10.1. The number of methoxy groups -OCH3 is 1. The van der Waals surface area contributed by atoms with Gasteiger partial charge in [0.25, 0.3) is 0 Å². The molecule has 0 saturated heterocycles. The van der Waals surface area contributed by atoms with Crippen LogP contribution in [0.1, 0.15) is 25.4 Å². The number of ether oxygens (including phenoxy) is 2. The zero-order chi connectivity index (χ0) is 19.0. The van der Waals surface area contributed by atoms with Gasteiger partial charge in [0.15, 0.2) is 5.82 Å². The Hall–Kier alpha value is -1.77. The number of hydrogen-bond donors (Lipinski definition) is 1. The smallest absolute Gasteiger partial charge is 0.389 e. The number of rotatable bonds is 9. The van der Waals surface area contributed by atoms with Gasteiger partial charge >= 0.3 is 6.18 Å². The van der Waals surface area contributed by atoms with E-state index >= 15 is 0 Å². The highest BCUT2D eigenvalue weighted by atomic mass is 19.4. The molecule has 0 amide bonds. The number of aliphatic hydroxyl groups is 1. The Morgan fingerprint density at radius 1 is 1.44 bits per heavy atom. The highest BCUT2D eigenvalue weighted by molar-refractivity contribution is 5.07. The summed E-state index contributed by atoms with van der Waals surface area (Å²) in [5.41, 5.74) is -0.183. The largest absolute Gasteiger partial charge is 0.433 e. The van der Waals surface area contributed by atoms with E-state index in [0.29, 0.717) is 0 Å². The Morgan fingerprint density at radius 2 is 2.12 bits per heavy atom. The monoisotopic (exact) mass is 360 g/mol. The van der Waals surface area contributed by atoms with Gasteiger partial charge in [0.2, 0.25) is 0 Å². The second-order valence-electron chi connectivity index (χ2n) is 5.65. The van der Waals surface area contributed by atoms with Crippen molar-refractivity contribution in [1.82, 2.24) is 9.97 Å². The summed E-state index contributed by atoms with van der Waals surface area (Å²) in [7, 11) is 1.48. The average molecular weight is 360 g/mol. The Balaban J connectivity index is 2.56. The van der Waals surface area contributed by atoms with Gasteiger partial charge in [0.05, 0.1) is 12.7 Å². The molecule has 3 unspecified atom stereocenters. The number of nitrogens with zero attached hydrogens (tertiary/aromatic N) is 2. The minimum absolute atomic E-state index is 0.0400. The lowest BCUT2D eigenvalue weighted by Crippen LogP contribution is -2.31. The Kier molecular flexibility index (Phi) is 8.21. The van der Waals surface area contributed by atoms with Crippen molar-refractivity contribution in [2.75, 3.05) is 13.7 Å². The Labute approximate surface area is 145 Å². The second kappa shape index (κ2) is 9.65. The second-order valence-corrected chi connectivity index (χ2v) is 5.65. The maximum absolute atomic E-state index is 12.6. The Bertz CT molecular complexity index is 591. The van der Waals surface area contributed by atoms with E-state index in [1.165, 1.54) is 13.2 Å². The molecule has 3 atom stereocenters. The summed E-state index contributed by atoms with van der Waals surface area (Å²) >= 11 is 0. The standard InChI is InChI=1S/C17H23F3N2O3/c1-5-13(24-4)16(23)12(3)8-11(2)9-25-10-15-21-7-6-14(22-15)17(18,19)20/h5-8,12-13,16,23H,1,9-10H2,2-4H3. The molecule has 0 radical (unpaired) electrons. The molecule has 25 heavy (non-hydrogen) atoms. The summed E-state index contributed by atoms with van der Waals surface area (Å²) in [6.07, 6.45) is -1.38. The third-order valence-corrected chi connectivity index (χ3v) is 3.48. The van der Waals surface area contributed by atoms with Crippen LogP contribution in [0.15, 0.2) is 36.6 Å². The summed E-state index contributed by atoms with van der Waals surface area (Å²) in [6.45, 7) is 7.26. The third kappa shape index (κ3) is 6.93. The van der Waals surface area contributed by atoms with Crippen LogP contribution < -0.4 is 0 Å². The van der Waals surface area contributed by atoms with Crippen LogP contribution in [0.2, 0.25) is 0 Å². The molecule has 0 aliphatic heterocycles. The SMILES string of the molecule is C=CC(OC)C(O)C(C)C=C(C)COCc1nccc(C(F)(F)F)n1. The molecular weight excluding hydrogens is 337 g/mol. The van der Waals surface area contributed by atoms with E-state index in [0.717, 1.165) is 17.8 Å². The zero-order valence-corrected chi connectivity index (χ0v) is 14.5. The van der Waals surface area contributed by atoms with E-state index in [9.17, 15) is 18.3 Å². The van der Waals surface area contributed by atoms with Gasteiger partial charge in [0, 0.05) is 19.2 Å². The zero-order valence-electron chi connectivity index (χ0n) is 14.5. The molecule has 1 rings (SSSR count). The van der Waals surface area contributed by atoms with Crippen molar-refractivity contribution in [2.45, 2.75) is 38.8 Å². The fourth-order valence-corrected chi connectivity index (χ4v) is 2.20. The normalized spacial score (nSPS) is 16.4. The van der Waals surface area contributed by atoms with Crippen LogP contribution in [0, 0.1) is 5.92 Å². The topological polar surface area (TPSA) is 64.5 Å². The van der Waals surface area contributed by atoms with Crippen LogP contribution in [-0.2, 0) is 22.3 Å². The summed E-state index contributed by atoms with van der Waals surface area (Å²) in [6, 6.07) is 0.809. The molecular formula is C17H23F3N2O3. The van der Waals surface area contributed by atoms with Gasteiger partial charge in [-0.05, 0) is 13.0 Å². The van der Waals surface area contributed by atoms with Crippen LogP contribution in [0.25, 0.3) is 0 Å². The van der Waals surface area contributed by atoms with Crippen LogP contribution >= 0.6 is 0 Å². The lowest BCUT2D eigenvalue weighted by Gasteiger charge is -2.22. The van der Waals surface area contributed by atoms with Gasteiger partial charge in [0.1, 0.15) is 18.4 Å². The molecule has 5 nitrogen and oxygen atoms in total. The predicted molar refractivity (Wildman–Crippen MR) is 86.6 cm³/mol. The molecule has 1 aromatic rings. The van der Waals surface area contributed by atoms with E-state index in [4.69, 9.17) is 9.47 Å². The highest BCUT2D eigenvalue weighted by Crippen LogP contribution is 2.27. The maximum atomic E-state index is 12.6. The first kappa shape index (κ1) is 21.3. The van der Waals surface area contributed by atoms with Gasteiger partial charge in [-0.15, -0.1) is 6.58 Å². The van der Waals surface area contributed by atoms with Gasteiger partial charge in [-0.25, -0.2) is 9.97 Å². The van der Waals surface area contributed by atoms with Gasteiger partial charge in [-0.2, -0.15) is 13.2 Å². The van der Waals surface area contributed by atoms with E-state index < -0.39 is 24.1 Å². The first-order valence-corrected chi connectivity index (χ1v) is 7.66. The number of aliphatic hydroxyl groups excluding tert-OH is 1. The quantitative estimate of drug-likeness (QED) is 0.686. The van der Waals surface area contributed by atoms with Crippen molar-refractivity contribution in [2.24, 2.45) is 5.92 Å². The molecule has 8 heteroatoms. The van der Waals surface area contributed by atoms with Crippen LogP contribution in [0.5, 0.6) is 0 Å². The molecule has 0 aromatic carbocycles. The number of halogens is 3. The molecule has 0 saturated carbocycles. The minimum Gasteiger partial charge on any atom is -0.389 e. The summed E-state index contributed by atoms with van der Waals surface area (Å²) in [5.74, 6) is -0.252. The van der Waals surface area contributed by atoms with Gasteiger partial charge in [-0.3, -0.25) is 0 Å². The van der Waals surface area contributed by atoms with E-state index in [1.54, 1.807) is 6.92 Å². The lowest BCUT2D eigenvalue weighted by molar-refractivity contribution is -0.141. The number of alkyl halides is 3. The fourth-order valence-electron chi connectivity index (χ4n) is 2.20. The van der Waals surface area contributed by atoms with Crippen LogP contribution in [0.3, 0.4) is 0 Å². The number of hydrogen-bond acceptors (Lipinski definition) is 5. The molecule has 1 aromatic heterocycles. The maximum Gasteiger partial charge on any atom is 0.433 e. The fraction of sp³-hybridized carbons (Fsp3) is 0.529. The molecule has 0 bridgehead atoms. The molecule has 1 heterocycles. The summed E-state index contributed by atoms with van der Waals surface area (Å²) < 4.78 is 48.2. The van der Waals surface area contributed by atoms with E-state index in [-0.39, 0.29) is 25.0 Å². The highest BCUT2D eigenvalue weighted by Gasteiger charge is 2.32. The van der Waals surface area contributed by atoms with Gasteiger partial charge in [-0.1, -0.05) is 24.6 Å². The molecule has 0 spiro atoms. The van der Waals surface area contributed by atoms with Crippen molar-refractivity contribution in [3.05, 3.63) is 48.1 Å². The molecule has 0 aliphatic carbocycles. The number of aromatic nitrogens is 2. The van der Waals surface area contributed by atoms with Crippen LogP contribution in [-0.4, -0.2) is 41.0 Å². The van der Waals surface area contributed by atoms with Gasteiger partial charge < -0.3 is 14.6 Å². The molecule has 140 valence electrons. The van der Waals surface area contributed by atoms with Crippen molar-refractivity contribution >= 4 is 0 Å². The lowest BCUT2D eigenvalue weighted by atomic mass is 9.97. The Morgan fingerprint density at radius 3 is 2.68 bits per heavy atom.